The summed E-state index contributed by atoms with van der Waals surface area (Å²) in [6.45, 7) is 9.58. The highest BCUT2D eigenvalue weighted by Gasteiger charge is 2.21. The molecule has 1 aliphatic rings. The zero-order chi connectivity index (χ0) is 13.4. The van der Waals surface area contributed by atoms with Crippen molar-refractivity contribution in [3.8, 4) is 0 Å². The van der Waals surface area contributed by atoms with Crippen molar-refractivity contribution in [2.24, 2.45) is 17.8 Å². The Balaban J connectivity index is 2.40. The summed E-state index contributed by atoms with van der Waals surface area (Å²) in [5.41, 5.74) is 0. The van der Waals surface area contributed by atoms with Crippen LogP contribution in [0.2, 0.25) is 0 Å². The standard InChI is InChI=1S/C16H31NS/c1-5-13(2)15(4)14(3)12-16-10-8-6-7-9-11-18-17-16/h6-7,13-17H,5,8-12H2,1-4H3. The monoisotopic (exact) mass is 269 g/mol. The predicted molar refractivity (Wildman–Crippen MR) is 84.8 cm³/mol. The van der Waals surface area contributed by atoms with Crippen LogP contribution in [0.25, 0.3) is 0 Å². The van der Waals surface area contributed by atoms with Crippen molar-refractivity contribution >= 4 is 11.9 Å². The molecule has 1 heterocycles. The zero-order valence-electron chi connectivity index (χ0n) is 12.6. The van der Waals surface area contributed by atoms with Crippen molar-refractivity contribution in [3.05, 3.63) is 12.2 Å². The molecule has 0 fully saturated rings. The van der Waals surface area contributed by atoms with E-state index in [1.165, 1.54) is 37.9 Å². The lowest BCUT2D eigenvalue weighted by atomic mass is 9.80. The molecule has 2 heteroatoms. The van der Waals surface area contributed by atoms with Gasteiger partial charge in [0.1, 0.15) is 0 Å². The van der Waals surface area contributed by atoms with Gasteiger partial charge in [0.25, 0.3) is 0 Å². The second kappa shape index (κ2) is 9.03. The molecule has 18 heavy (non-hydrogen) atoms. The summed E-state index contributed by atoms with van der Waals surface area (Å²) in [6, 6.07) is 0.694. The molecule has 0 saturated carbocycles. The highest BCUT2D eigenvalue weighted by Crippen LogP contribution is 2.28. The SMILES string of the molecule is CCC(C)C(C)C(C)CC1CCC=CCCSN1. The molecule has 1 N–H and O–H groups in total. The molecule has 4 unspecified atom stereocenters. The Morgan fingerprint density at radius 3 is 2.61 bits per heavy atom. The fraction of sp³-hybridized carbons (Fsp3) is 0.875. The van der Waals surface area contributed by atoms with Crippen LogP contribution in [0.3, 0.4) is 0 Å². The van der Waals surface area contributed by atoms with Crippen LogP contribution in [0, 0.1) is 17.8 Å². The van der Waals surface area contributed by atoms with Gasteiger partial charge in [-0.05, 0) is 43.4 Å². The van der Waals surface area contributed by atoms with Gasteiger partial charge in [0.05, 0.1) is 0 Å². The summed E-state index contributed by atoms with van der Waals surface area (Å²) in [4.78, 5) is 0. The number of hydrogen-bond acceptors (Lipinski definition) is 2. The first-order valence-electron chi connectivity index (χ1n) is 7.67. The van der Waals surface area contributed by atoms with Gasteiger partial charge in [0.2, 0.25) is 0 Å². The first-order chi connectivity index (χ1) is 8.65. The van der Waals surface area contributed by atoms with Crippen LogP contribution in [-0.4, -0.2) is 11.8 Å². The third-order valence-corrected chi connectivity index (χ3v) is 5.52. The van der Waals surface area contributed by atoms with E-state index in [0.29, 0.717) is 6.04 Å². The lowest BCUT2D eigenvalue weighted by molar-refractivity contribution is 0.243. The van der Waals surface area contributed by atoms with Crippen LogP contribution < -0.4 is 4.72 Å². The third-order valence-electron chi connectivity index (χ3n) is 4.58. The fourth-order valence-electron chi connectivity index (χ4n) is 2.66. The Hall–Kier alpha value is 0.0500. The molecular weight excluding hydrogens is 238 g/mol. The number of allylic oxidation sites excluding steroid dienone is 2. The lowest BCUT2D eigenvalue weighted by Gasteiger charge is -2.29. The van der Waals surface area contributed by atoms with E-state index in [-0.39, 0.29) is 0 Å². The molecule has 0 aliphatic carbocycles. The highest BCUT2D eigenvalue weighted by atomic mass is 32.2. The second-order valence-electron chi connectivity index (χ2n) is 5.96. The van der Waals surface area contributed by atoms with Crippen molar-refractivity contribution < 1.29 is 0 Å². The summed E-state index contributed by atoms with van der Waals surface area (Å²) in [5.74, 6) is 3.72. The van der Waals surface area contributed by atoms with E-state index in [4.69, 9.17) is 0 Å². The average Bonchev–Trinajstić information content (AvgIpc) is 2.50. The molecule has 0 aromatic carbocycles. The van der Waals surface area contributed by atoms with Crippen LogP contribution in [0.4, 0.5) is 0 Å². The van der Waals surface area contributed by atoms with Gasteiger partial charge in [-0.25, -0.2) is 0 Å². The molecule has 0 spiro atoms. The molecule has 1 nitrogen and oxygen atoms in total. The molecule has 0 radical (unpaired) electrons. The molecule has 0 amide bonds. The summed E-state index contributed by atoms with van der Waals surface area (Å²) >= 11 is 1.92. The van der Waals surface area contributed by atoms with E-state index < -0.39 is 0 Å². The minimum atomic E-state index is 0.694. The minimum Gasteiger partial charge on any atom is -0.261 e. The first kappa shape index (κ1) is 16.1. The molecule has 1 rings (SSSR count). The largest absolute Gasteiger partial charge is 0.261 e. The van der Waals surface area contributed by atoms with Crippen molar-refractivity contribution in [1.29, 1.82) is 0 Å². The molecule has 4 atom stereocenters. The number of hydrogen-bond donors (Lipinski definition) is 1. The van der Waals surface area contributed by atoms with Gasteiger partial charge in [0, 0.05) is 11.8 Å². The minimum absolute atomic E-state index is 0.694. The average molecular weight is 269 g/mol. The van der Waals surface area contributed by atoms with Crippen molar-refractivity contribution in [1.82, 2.24) is 4.72 Å². The summed E-state index contributed by atoms with van der Waals surface area (Å²) in [6.07, 6.45) is 11.1. The van der Waals surface area contributed by atoms with Crippen LogP contribution >= 0.6 is 11.9 Å². The van der Waals surface area contributed by atoms with E-state index in [9.17, 15) is 0 Å². The van der Waals surface area contributed by atoms with Gasteiger partial charge in [-0.15, -0.1) is 0 Å². The van der Waals surface area contributed by atoms with E-state index in [0.717, 1.165) is 17.8 Å². The maximum atomic E-state index is 3.68. The van der Waals surface area contributed by atoms with E-state index in [2.05, 4.69) is 44.6 Å². The summed E-state index contributed by atoms with van der Waals surface area (Å²) in [5, 5.41) is 0. The smallest absolute Gasteiger partial charge is 0.0177 e. The molecular formula is C16H31NS. The van der Waals surface area contributed by atoms with Crippen LogP contribution in [0.1, 0.15) is 59.8 Å². The summed E-state index contributed by atoms with van der Waals surface area (Å²) in [7, 11) is 0. The maximum Gasteiger partial charge on any atom is 0.0177 e. The normalized spacial score (nSPS) is 26.8. The van der Waals surface area contributed by atoms with Gasteiger partial charge in [-0.2, -0.15) is 0 Å². The van der Waals surface area contributed by atoms with Gasteiger partial charge in [-0.1, -0.05) is 58.2 Å². The Labute approximate surface area is 118 Å². The predicted octanol–water partition coefficient (Wildman–Crippen LogP) is 5.04. The topological polar surface area (TPSA) is 12.0 Å². The lowest BCUT2D eigenvalue weighted by Crippen LogP contribution is -2.29. The zero-order valence-corrected chi connectivity index (χ0v) is 13.4. The van der Waals surface area contributed by atoms with E-state index in [1.807, 2.05) is 11.9 Å². The molecule has 0 aromatic heterocycles. The van der Waals surface area contributed by atoms with Gasteiger partial charge in [-0.3, -0.25) is 4.72 Å². The number of nitrogens with one attached hydrogen (secondary N) is 1. The fourth-order valence-corrected chi connectivity index (χ4v) is 3.48. The Bertz CT molecular complexity index is 239. The maximum absolute atomic E-state index is 3.68. The van der Waals surface area contributed by atoms with Crippen LogP contribution in [0.5, 0.6) is 0 Å². The summed E-state index contributed by atoms with van der Waals surface area (Å²) < 4.78 is 3.68. The number of rotatable bonds is 5. The Morgan fingerprint density at radius 2 is 1.89 bits per heavy atom. The van der Waals surface area contributed by atoms with Crippen LogP contribution in [0.15, 0.2) is 12.2 Å². The van der Waals surface area contributed by atoms with Gasteiger partial charge in [0.15, 0.2) is 0 Å². The van der Waals surface area contributed by atoms with Gasteiger partial charge >= 0.3 is 0 Å². The van der Waals surface area contributed by atoms with E-state index >= 15 is 0 Å². The second-order valence-corrected chi connectivity index (χ2v) is 6.89. The highest BCUT2D eigenvalue weighted by molar-refractivity contribution is 7.97. The van der Waals surface area contributed by atoms with Crippen molar-refractivity contribution in [3.63, 3.8) is 0 Å². The molecule has 0 bridgehead atoms. The quantitative estimate of drug-likeness (QED) is 0.554. The Morgan fingerprint density at radius 1 is 1.17 bits per heavy atom. The van der Waals surface area contributed by atoms with Crippen LogP contribution in [-0.2, 0) is 0 Å². The van der Waals surface area contributed by atoms with Gasteiger partial charge < -0.3 is 0 Å². The molecule has 0 saturated heterocycles. The molecule has 106 valence electrons. The first-order valence-corrected chi connectivity index (χ1v) is 8.66. The van der Waals surface area contributed by atoms with Crippen molar-refractivity contribution in [2.45, 2.75) is 65.8 Å². The molecule has 0 aromatic rings. The third kappa shape index (κ3) is 5.79. The Kier molecular flexibility index (Phi) is 8.08. The van der Waals surface area contributed by atoms with E-state index in [1.54, 1.807) is 0 Å². The van der Waals surface area contributed by atoms with Crippen molar-refractivity contribution in [2.75, 3.05) is 5.75 Å². The molecule has 1 aliphatic heterocycles.